The van der Waals surface area contributed by atoms with Crippen LogP contribution in [0.25, 0.3) is 11.1 Å². The number of amides is 1. The summed E-state index contributed by atoms with van der Waals surface area (Å²) in [5.41, 5.74) is 6.67. The Kier molecular flexibility index (Phi) is 7.31. The van der Waals surface area contributed by atoms with E-state index in [1.54, 1.807) is 11.0 Å². The fraction of sp³-hybridized carbons (Fsp3) is 0.387. The van der Waals surface area contributed by atoms with Crippen molar-refractivity contribution in [2.75, 3.05) is 40.4 Å². The molecule has 0 spiro atoms. The van der Waals surface area contributed by atoms with E-state index in [1.165, 1.54) is 17.7 Å². The predicted octanol–water partition coefficient (Wildman–Crippen LogP) is 4.89. The number of hydrogen-bond donors (Lipinski definition) is 3. The van der Waals surface area contributed by atoms with E-state index in [1.807, 2.05) is 12.1 Å². The molecule has 0 atom stereocenters. The van der Waals surface area contributed by atoms with Crippen LogP contribution >= 0.6 is 0 Å². The van der Waals surface area contributed by atoms with E-state index >= 15 is 0 Å². The Morgan fingerprint density at radius 2 is 1.62 bits per heavy atom. The zero-order valence-electron chi connectivity index (χ0n) is 23.4. The van der Waals surface area contributed by atoms with Crippen molar-refractivity contribution in [1.29, 1.82) is 0 Å². The number of sulfonamides is 1. The number of nitrogens with one attached hydrogen (secondary N) is 1. The third-order valence-corrected chi connectivity index (χ3v) is 8.34. The number of phenolic OH excluding ortho intramolecular Hbond substituents is 1. The number of nitrogens with zero attached hydrogens (tertiary/aromatic N) is 2. The summed E-state index contributed by atoms with van der Waals surface area (Å²) >= 11 is 0. The molecule has 9 heteroatoms. The third-order valence-electron chi connectivity index (χ3n) is 7.75. The Morgan fingerprint density at radius 1 is 0.925 bits per heavy atom. The van der Waals surface area contributed by atoms with Crippen LogP contribution < -0.4 is 14.5 Å². The average Bonchev–Trinajstić information content (AvgIpc) is 2.89. The van der Waals surface area contributed by atoms with Gasteiger partial charge in [0.2, 0.25) is 10.0 Å². The average molecular weight is 564 g/mol. The Labute approximate surface area is 236 Å². The minimum Gasteiger partial charge on any atom is -0.506 e. The first-order valence-electron chi connectivity index (χ1n) is 13.6. The lowest BCUT2D eigenvalue weighted by Gasteiger charge is -2.34. The van der Waals surface area contributed by atoms with Crippen LogP contribution in [-0.4, -0.2) is 56.5 Å². The molecule has 5 rings (SSSR count). The number of carbonyl (C=O) groups is 1. The number of benzene rings is 3. The van der Waals surface area contributed by atoms with Gasteiger partial charge in [-0.1, -0.05) is 45.0 Å². The highest BCUT2D eigenvalue weighted by atomic mass is 32.2. The molecule has 3 aromatic carbocycles. The van der Waals surface area contributed by atoms with E-state index in [0.717, 1.165) is 54.6 Å². The molecule has 0 unspecified atom stereocenters. The van der Waals surface area contributed by atoms with Crippen LogP contribution in [0.4, 0.5) is 17.1 Å². The molecule has 0 saturated carbocycles. The van der Waals surface area contributed by atoms with Crippen LogP contribution in [-0.2, 0) is 21.9 Å². The maximum atomic E-state index is 13.5. The van der Waals surface area contributed by atoms with Gasteiger partial charge in [-0.05, 0) is 71.7 Å². The van der Waals surface area contributed by atoms with E-state index in [9.17, 15) is 23.4 Å². The van der Waals surface area contributed by atoms with Crippen LogP contribution in [0.2, 0.25) is 0 Å². The summed E-state index contributed by atoms with van der Waals surface area (Å²) in [5, 5.41) is 20.2. The highest BCUT2D eigenvalue weighted by Gasteiger charge is 2.28. The van der Waals surface area contributed by atoms with Crippen molar-refractivity contribution in [3.05, 3.63) is 71.3 Å². The number of phenols is 1. The van der Waals surface area contributed by atoms with Gasteiger partial charge in [-0.25, -0.2) is 8.42 Å². The lowest BCUT2D eigenvalue weighted by atomic mass is 9.84. The standard InChI is InChI=1S/C31H37N3O5S/c1-31(2,3)22-6-9-25(28(18-22)33-14-12-24(35)13-15-33)20-5-8-26-21(17-20)11-16-34(30(26)37)23-7-10-29(36)27(19-23)32-40(4,38)39/h5-10,17-19,24,32,35-36H,11-16H2,1-4H3. The summed E-state index contributed by atoms with van der Waals surface area (Å²) in [6.45, 7) is 8.63. The minimum absolute atomic E-state index is 0.000755. The maximum absolute atomic E-state index is 13.5. The highest BCUT2D eigenvalue weighted by molar-refractivity contribution is 7.92. The molecule has 3 N–H and O–H groups in total. The number of hydrogen-bond acceptors (Lipinski definition) is 6. The minimum atomic E-state index is -3.60. The molecule has 8 nitrogen and oxygen atoms in total. The Morgan fingerprint density at radius 3 is 2.30 bits per heavy atom. The van der Waals surface area contributed by atoms with Crippen molar-refractivity contribution in [3.63, 3.8) is 0 Å². The van der Waals surface area contributed by atoms with E-state index in [2.05, 4.69) is 54.7 Å². The summed E-state index contributed by atoms with van der Waals surface area (Å²) in [4.78, 5) is 17.5. The van der Waals surface area contributed by atoms with Gasteiger partial charge in [0.1, 0.15) is 5.75 Å². The van der Waals surface area contributed by atoms with Gasteiger partial charge in [0.25, 0.3) is 5.91 Å². The largest absolute Gasteiger partial charge is 0.506 e. The molecule has 2 aliphatic heterocycles. The number of rotatable bonds is 5. The number of aliphatic hydroxyl groups is 1. The SMILES string of the molecule is CC(C)(C)c1ccc(-c2ccc3c(c2)CCN(c2ccc(O)c(NS(C)(=O)=O)c2)C3=O)c(N2CCC(O)CC2)c1. The molecule has 3 aromatic rings. The zero-order valence-corrected chi connectivity index (χ0v) is 24.3. The molecule has 2 heterocycles. The smallest absolute Gasteiger partial charge is 0.258 e. The summed E-state index contributed by atoms with van der Waals surface area (Å²) in [6, 6.07) is 17.1. The number of anilines is 3. The van der Waals surface area contributed by atoms with Gasteiger partial charge in [0.05, 0.1) is 18.0 Å². The Balaban J connectivity index is 1.48. The first-order chi connectivity index (χ1) is 18.8. The summed E-state index contributed by atoms with van der Waals surface area (Å²) in [7, 11) is -3.60. The van der Waals surface area contributed by atoms with Crippen molar-refractivity contribution in [1.82, 2.24) is 0 Å². The number of fused-ring (bicyclic) bond motifs is 1. The van der Waals surface area contributed by atoms with E-state index < -0.39 is 10.0 Å². The third kappa shape index (κ3) is 5.81. The van der Waals surface area contributed by atoms with Crippen molar-refractivity contribution in [3.8, 4) is 16.9 Å². The van der Waals surface area contributed by atoms with Gasteiger partial charge in [-0.2, -0.15) is 0 Å². The molecule has 0 bridgehead atoms. The molecule has 2 aliphatic rings. The molecular weight excluding hydrogens is 526 g/mol. The molecule has 40 heavy (non-hydrogen) atoms. The van der Waals surface area contributed by atoms with Gasteiger partial charge < -0.3 is 20.0 Å². The summed E-state index contributed by atoms with van der Waals surface area (Å²) < 4.78 is 25.7. The second-order valence-corrected chi connectivity index (χ2v) is 13.6. The van der Waals surface area contributed by atoms with Gasteiger partial charge in [0, 0.05) is 42.1 Å². The predicted molar refractivity (Wildman–Crippen MR) is 160 cm³/mol. The molecule has 0 radical (unpaired) electrons. The van der Waals surface area contributed by atoms with Crippen LogP contribution in [0.15, 0.2) is 54.6 Å². The Hall–Kier alpha value is -3.56. The Bertz CT molecular complexity index is 1550. The number of aromatic hydroxyl groups is 1. The van der Waals surface area contributed by atoms with Crippen molar-refractivity contribution in [2.45, 2.75) is 51.6 Å². The first kappa shape index (κ1) is 28.0. The second kappa shape index (κ2) is 10.4. The first-order valence-corrected chi connectivity index (χ1v) is 15.5. The van der Waals surface area contributed by atoms with Crippen molar-refractivity contribution in [2.24, 2.45) is 0 Å². The fourth-order valence-corrected chi connectivity index (χ4v) is 6.05. The number of aliphatic hydroxyl groups excluding tert-OH is 1. The second-order valence-electron chi connectivity index (χ2n) is 11.9. The van der Waals surface area contributed by atoms with Gasteiger partial charge in [-0.3, -0.25) is 9.52 Å². The number of piperidine rings is 1. The summed E-state index contributed by atoms with van der Waals surface area (Å²) in [6.07, 6.45) is 2.87. The molecule has 1 saturated heterocycles. The van der Waals surface area contributed by atoms with Gasteiger partial charge in [0.15, 0.2) is 0 Å². The quantitative estimate of drug-likeness (QED) is 0.381. The van der Waals surface area contributed by atoms with Crippen LogP contribution in [0.5, 0.6) is 5.75 Å². The molecule has 1 amide bonds. The van der Waals surface area contributed by atoms with Crippen LogP contribution in [0, 0.1) is 0 Å². The normalized spacial score (nSPS) is 16.7. The topological polar surface area (TPSA) is 110 Å². The lowest BCUT2D eigenvalue weighted by Crippen LogP contribution is -2.37. The van der Waals surface area contributed by atoms with E-state index in [0.29, 0.717) is 24.2 Å². The molecule has 1 fully saturated rings. The van der Waals surface area contributed by atoms with E-state index in [-0.39, 0.29) is 28.9 Å². The molecular formula is C31H37N3O5S. The van der Waals surface area contributed by atoms with Crippen molar-refractivity contribution < 1.29 is 23.4 Å². The van der Waals surface area contributed by atoms with Crippen LogP contribution in [0.3, 0.4) is 0 Å². The van der Waals surface area contributed by atoms with Gasteiger partial charge >= 0.3 is 0 Å². The lowest BCUT2D eigenvalue weighted by molar-refractivity contribution is 0.0980. The van der Waals surface area contributed by atoms with E-state index in [4.69, 9.17) is 0 Å². The van der Waals surface area contributed by atoms with Gasteiger partial charge in [-0.15, -0.1) is 0 Å². The van der Waals surface area contributed by atoms with Crippen LogP contribution in [0.1, 0.15) is 55.1 Å². The number of carbonyl (C=O) groups excluding carboxylic acids is 1. The zero-order chi connectivity index (χ0) is 28.8. The fourth-order valence-electron chi connectivity index (χ4n) is 5.49. The maximum Gasteiger partial charge on any atom is 0.258 e. The molecule has 0 aliphatic carbocycles. The molecule has 212 valence electrons. The highest BCUT2D eigenvalue weighted by Crippen LogP contribution is 2.39. The monoisotopic (exact) mass is 563 g/mol. The summed E-state index contributed by atoms with van der Waals surface area (Å²) in [5.74, 6) is -0.378. The molecule has 0 aromatic heterocycles. The van der Waals surface area contributed by atoms with Crippen molar-refractivity contribution >= 4 is 33.0 Å².